The topological polar surface area (TPSA) is 55.8 Å². The Labute approximate surface area is 185 Å². The Bertz CT molecular complexity index is 761. The van der Waals surface area contributed by atoms with Crippen LogP contribution in [0.5, 0.6) is 0 Å². The summed E-state index contributed by atoms with van der Waals surface area (Å²) in [5, 5.41) is 0.975. The van der Waals surface area contributed by atoms with Gasteiger partial charge < -0.3 is 4.74 Å². The van der Waals surface area contributed by atoms with Crippen LogP contribution in [0.15, 0.2) is 10.1 Å². The highest BCUT2D eigenvalue weighted by Gasteiger charge is 2.90. The number of halogens is 6. The molecule has 8 atom stereocenters. The molecule has 0 aromatic rings. The van der Waals surface area contributed by atoms with Gasteiger partial charge in [0.1, 0.15) is 9.75 Å². The van der Waals surface area contributed by atoms with E-state index in [0.717, 1.165) is 5.06 Å². The molecule has 2 aliphatic carbocycles. The van der Waals surface area contributed by atoms with Gasteiger partial charge >= 0.3 is 0 Å². The fourth-order valence-electron chi connectivity index (χ4n) is 5.58. The summed E-state index contributed by atoms with van der Waals surface area (Å²) >= 11 is 39.8. The highest BCUT2D eigenvalue weighted by molar-refractivity contribution is 6.65. The van der Waals surface area contributed by atoms with Gasteiger partial charge in [0, 0.05) is 11.8 Å². The molecular weight excluding hydrogens is 483 g/mol. The van der Waals surface area contributed by atoms with Crippen LogP contribution in [0, 0.1) is 23.7 Å². The number of allylic oxidation sites excluding steroid dienone is 2. The molecule has 0 unspecified atom stereocenters. The van der Waals surface area contributed by atoms with Gasteiger partial charge in [0.05, 0.1) is 40.7 Å². The van der Waals surface area contributed by atoms with Crippen molar-refractivity contribution in [3.8, 4) is 0 Å². The van der Waals surface area contributed by atoms with Crippen molar-refractivity contribution in [1.82, 2.24) is 5.06 Å². The van der Waals surface area contributed by atoms with Crippen LogP contribution in [-0.4, -0.2) is 49.8 Å². The van der Waals surface area contributed by atoms with Crippen LogP contribution in [-0.2, 0) is 19.2 Å². The van der Waals surface area contributed by atoms with Gasteiger partial charge in [-0.25, -0.2) is 0 Å². The van der Waals surface area contributed by atoms with Gasteiger partial charge in [-0.3, -0.25) is 14.4 Å². The van der Waals surface area contributed by atoms with Crippen LogP contribution in [0.2, 0.25) is 0 Å². The molecule has 0 spiro atoms. The number of hydroxylamine groups is 2. The second kappa shape index (κ2) is 5.61. The van der Waals surface area contributed by atoms with Crippen molar-refractivity contribution in [3.05, 3.63) is 10.1 Å². The van der Waals surface area contributed by atoms with Gasteiger partial charge in [-0.1, -0.05) is 53.3 Å². The first-order valence-corrected chi connectivity index (χ1v) is 10.8. The van der Waals surface area contributed by atoms with Gasteiger partial charge in [-0.2, -0.15) is 5.06 Å². The lowest BCUT2D eigenvalue weighted by molar-refractivity contribution is -0.192. The summed E-state index contributed by atoms with van der Waals surface area (Å²) in [7, 11) is 0. The molecule has 0 N–H and O–H groups in total. The first-order chi connectivity index (χ1) is 12.6. The molecule has 4 bridgehead atoms. The zero-order chi connectivity index (χ0) is 19.7. The van der Waals surface area contributed by atoms with Crippen LogP contribution in [0.25, 0.3) is 0 Å². The van der Waals surface area contributed by atoms with Crippen LogP contribution in [0.3, 0.4) is 0 Å². The largest absolute Gasteiger partial charge is 0.373 e. The van der Waals surface area contributed by atoms with Crippen molar-refractivity contribution < 1.29 is 19.2 Å². The molecule has 3 saturated heterocycles. The van der Waals surface area contributed by atoms with Crippen LogP contribution >= 0.6 is 69.6 Å². The number of rotatable bonds is 3. The molecule has 11 heteroatoms. The minimum Gasteiger partial charge on any atom is -0.373 e. The molecular formula is C16H13Cl6NO4. The zero-order valence-electron chi connectivity index (χ0n) is 13.7. The first kappa shape index (κ1) is 19.5. The van der Waals surface area contributed by atoms with E-state index in [1.807, 2.05) is 6.92 Å². The number of imide groups is 1. The van der Waals surface area contributed by atoms with Gasteiger partial charge in [-0.05, 0) is 6.42 Å². The molecule has 5 nitrogen and oxygen atoms in total. The number of carbonyl (C=O) groups excluding carboxylic acids is 2. The number of hydrogen-bond donors (Lipinski definition) is 0. The van der Waals surface area contributed by atoms with Crippen molar-refractivity contribution in [3.63, 3.8) is 0 Å². The lowest BCUT2D eigenvalue weighted by Crippen LogP contribution is -2.50. The SMILES string of the molecule is CCCON1C(=O)[C@H]2[C@@H]3O[C@@H]([C@@H]2C1=O)[C@@H]1[C@@H]3[C@@]2(Cl)C(Cl)=C(Cl)[C@@]1(Cl)C2(Cl)Cl. The van der Waals surface area contributed by atoms with E-state index in [9.17, 15) is 9.59 Å². The van der Waals surface area contributed by atoms with E-state index < -0.39 is 61.8 Å². The molecule has 0 radical (unpaired) electrons. The van der Waals surface area contributed by atoms with E-state index in [1.54, 1.807) is 0 Å². The van der Waals surface area contributed by atoms with Crippen molar-refractivity contribution in [2.24, 2.45) is 23.7 Å². The molecule has 2 amide bonds. The van der Waals surface area contributed by atoms with Crippen molar-refractivity contribution in [2.45, 2.75) is 39.6 Å². The summed E-state index contributed by atoms with van der Waals surface area (Å²) in [6, 6.07) is 0. The Balaban J connectivity index is 1.61. The van der Waals surface area contributed by atoms with E-state index in [4.69, 9.17) is 79.2 Å². The molecule has 27 heavy (non-hydrogen) atoms. The van der Waals surface area contributed by atoms with E-state index in [2.05, 4.69) is 0 Å². The minimum absolute atomic E-state index is 0.0654. The highest BCUT2D eigenvalue weighted by atomic mass is 35.5. The fraction of sp³-hybridized carbons (Fsp3) is 0.750. The molecule has 3 heterocycles. The molecule has 5 rings (SSSR count). The number of ether oxygens (including phenoxy) is 1. The quantitative estimate of drug-likeness (QED) is 0.441. The summed E-state index contributed by atoms with van der Waals surface area (Å²) < 4.78 is 4.33. The highest BCUT2D eigenvalue weighted by Crippen LogP contribution is 2.81. The van der Waals surface area contributed by atoms with Crippen LogP contribution in [0.4, 0.5) is 0 Å². The van der Waals surface area contributed by atoms with Crippen LogP contribution in [0.1, 0.15) is 13.3 Å². The van der Waals surface area contributed by atoms with Gasteiger partial charge in [0.2, 0.25) is 0 Å². The number of nitrogens with zero attached hydrogens (tertiary/aromatic N) is 1. The Kier molecular flexibility index (Phi) is 4.05. The molecule has 4 fully saturated rings. The smallest absolute Gasteiger partial charge is 0.260 e. The third-order valence-corrected chi connectivity index (χ3v) is 10.9. The molecule has 5 aliphatic rings. The molecule has 0 aromatic carbocycles. The Morgan fingerprint density at radius 3 is 1.81 bits per heavy atom. The minimum atomic E-state index is -1.71. The second-order valence-electron chi connectivity index (χ2n) is 7.60. The van der Waals surface area contributed by atoms with Crippen LogP contribution < -0.4 is 0 Å². The third kappa shape index (κ3) is 1.79. The number of alkyl halides is 4. The van der Waals surface area contributed by atoms with E-state index in [1.165, 1.54) is 0 Å². The molecule has 148 valence electrons. The first-order valence-electron chi connectivity index (χ1n) is 8.54. The van der Waals surface area contributed by atoms with Crippen molar-refractivity contribution in [2.75, 3.05) is 6.61 Å². The molecule has 0 aromatic heterocycles. The zero-order valence-corrected chi connectivity index (χ0v) is 18.3. The summed E-state index contributed by atoms with van der Waals surface area (Å²) in [6.45, 7) is 2.13. The van der Waals surface area contributed by atoms with Gasteiger partial charge in [0.15, 0.2) is 4.33 Å². The maximum atomic E-state index is 12.9. The summed E-state index contributed by atoms with van der Waals surface area (Å²) in [4.78, 5) is 28.1. The van der Waals surface area contributed by atoms with Gasteiger partial charge in [-0.15, -0.1) is 23.2 Å². The van der Waals surface area contributed by atoms with Crippen molar-refractivity contribution in [1.29, 1.82) is 0 Å². The predicted octanol–water partition coefficient (Wildman–Crippen LogP) is 3.79. The summed E-state index contributed by atoms with van der Waals surface area (Å²) in [5.74, 6) is -3.48. The standard InChI is InChI=1S/C16H13Cl6NO4/c1-2-3-26-23-12(24)4-5(13(23)25)9-7-6(8(4)27-9)14(19)10(17)11(18)15(7,20)16(14,21)22/h4-9H,2-3H2,1H3/t4-,5-,6+,7+,8+,9+,14-,15-/m1/s1. The van der Waals surface area contributed by atoms with Crippen molar-refractivity contribution >= 4 is 81.4 Å². The summed E-state index contributed by atoms with van der Waals surface area (Å²) in [5.41, 5.74) is 0. The fourth-order valence-corrected chi connectivity index (χ4v) is 8.64. The average Bonchev–Trinajstić information content (AvgIpc) is 3.31. The average molecular weight is 496 g/mol. The third-order valence-electron chi connectivity index (χ3n) is 6.56. The monoisotopic (exact) mass is 493 g/mol. The maximum Gasteiger partial charge on any atom is 0.260 e. The molecule has 3 aliphatic heterocycles. The second-order valence-corrected chi connectivity index (χ2v) is 10.9. The Hall–Kier alpha value is 0.540. The van der Waals surface area contributed by atoms with Gasteiger partial charge in [0.25, 0.3) is 11.8 Å². The predicted molar refractivity (Wildman–Crippen MR) is 101 cm³/mol. The number of fused-ring (bicyclic) bond motifs is 12. The number of carbonyl (C=O) groups is 2. The number of amides is 2. The van der Waals surface area contributed by atoms with E-state index >= 15 is 0 Å². The van der Waals surface area contributed by atoms with E-state index in [0.29, 0.717) is 6.42 Å². The maximum absolute atomic E-state index is 12.9. The summed E-state index contributed by atoms with van der Waals surface area (Å²) in [6.07, 6.45) is -0.748. The molecule has 1 saturated carbocycles. The lowest BCUT2D eigenvalue weighted by atomic mass is 9.65. The Morgan fingerprint density at radius 1 is 0.963 bits per heavy atom. The van der Waals surface area contributed by atoms with E-state index in [-0.39, 0.29) is 16.7 Å². The normalized spacial score (nSPS) is 51.6. The Morgan fingerprint density at radius 2 is 1.41 bits per heavy atom. The number of hydrogen-bond acceptors (Lipinski definition) is 4. The lowest BCUT2D eigenvalue weighted by Gasteiger charge is -2.39.